The number of hydrogen-bond donors (Lipinski definition) is 3. The van der Waals surface area contributed by atoms with E-state index in [9.17, 15) is 9.59 Å². The largest absolute Gasteiger partial charge is 0.480 e. The molecule has 0 aliphatic rings. The number of nitrogens with one attached hydrogen (secondary N) is 2. The third kappa shape index (κ3) is 4.83. The van der Waals surface area contributed by atoms with Gasteiger partial charge in [-0.15, -0.1) is 11.3 Å². The lowest BCUT2D eigenvalue weighted by Gasteiger charge is -2.27. The normalized spacial score (nSPS) is 12.8. The van der Waals surface area contributed by atoms with Gasteiger partial charge < -0.3 is 15.7 Å². The highest BCUT2D eigenvalue weighted by molar-refractivity contribution is 9.10. The highest BCUT2D eigenvalue weighted by atomic mass is 79.9. The maximum atomic E-state index is 11.7. The number of urea groups is 1. The summed E-state index contributed by atoms with van der Waals surface area (Å²) in [5, 5.41) is 16.1. The van der Waals surface area contributed by atoms with Crippen molar-refractivity contribution >= 4 is 39.3 Å². The molecule has 1 unspecified atom stereocenters. The van der Waals surface area contributed by atoms with Crippen molar-refractivity contribution in [3.05, 3.63) is 20.8 Å². The Hall–Kier alpha value is -1.08. The fourth-order valence-electron chi connectivity index (χ4n) is 1.44. The molecule has 0 fully saturated rings. The van der Waals surface area contributed by atoms with Gasteiger partial charge in [0, 0.05) is 9.35 Å². The zero-order chi connectivity index (χ0) is 14.6. The van der Waals surface area contributed by atoms with E-state index in [4.69, 9.17) is 5.11 Å². The number of carboxylic acid groups (broad SMARTS) is 1. The second-order valence-corrected chi connectivity index (χ2v) is 7.01. The second kappa shape index (κ2) is 6.38. The van der Waals surface area contributed by atoms with Crippen LogP contribution in [-0.4, -0.2) is 23.1 Å². The molecule has 2 amide bonds. The molecule has 0 aliphatic heterocycles. The molecule has 0 aliphatic carbocycles. The average Bonchev–Trinajstić information content (AvgIpc) is 2.67. The number of carboxylic acids is 1. The average molecular weight is 349 g/mol. The molecule has 7 heteroatoms. The zero-order valence-corrected chi connectivity index (χ0v) is 13.4. The van der Waals surface area contributed by atoms with Gasteiger partial charge in [-0.3, -0.25) is 0 Å². The van der Waals surface area contributed by atoms with Gasteiger partial charge in [0.25, 0.3) is 0 Å². The molecule has 1 heterocycles. The zero-order valence-electron chi connectivity index (χ0n) is 11.0. The molecule has 1 aromatic rings. The van der Waals surface area contributed by atoms with Gasteiger partial charge in [-0.25, -0.2) is 9.59 Å². The van der Waals surface area contributed by atoms with E-state index >= 15 is 0 Å². The molecule has 106 valence electrons. The summed E-state index contributed by atoms with van der Waals surface area (Å²) in [6.07, 6.45) is 0. The predicted octanol–water partition coefficient (Wildman–Crippen LogP) is 2.81. The SMILES string of the molecule is CC(C)(C)C(NC(=O)NCc1sccc1Br)C(=O)O. The summed E-state index contributed by atoms with van der Waals surface area (Å²) in [7, 11) is 0. The van der Waals surface area contributed by atoms with Crippen molar-refractivity contribution in [1.82, 2.24) is 10.6 Å². The van der Waals surface area contributed by atoms with Crippen LogP contribution in [0, 0.1) is 5.41 Å². The highest BCUT2D eigenvalue weighted by Crippen LogP contribution is 2.22. The molecule has 0 aromatic carbocycles. The van der Waals surface area contributed by atoms with Crippen LogP contribution in [0.15, 0.2) is 15.9 Å². The number of aliphatic carboxylic acids is 1. The fraction of sp³-hybridized carbons (Fsp3) is 0.500. The Balaban J connectivity index is 2.55. The van der Waals surface area contributed by atoms with Crippen LogP contribution in [0.25, 0.3) is 0 Å². The van der Waals surface area contributed by atoms with Crippen molar-refractivity contribution in [3.63, 3.8) is 0 Å². The lowest BCUT2D eigenvalue weighted by atomic mass is 9.87. The first kappa shape index (κ1) is 16.0. The molecule has 0 saturated heterocycles. The third-order valence-electron chi connectivity index (χ3n) is 2.49. The van der Waals surface area contributed by atoms with Crippen LogP contribution in [0.3, 0.4) is 0 Å². The molecule has 0 spiro atoms. The van der Waals surface area contributed by atoms with Crippen LogP contribution in [-0.2, 0) is 11.3 Å². The molecule has 0 radical (unpaired) electrons. The molecule has 0 saturated carbocycles. The van der Waals surface area contributed by atoms with Crippen molar-refractivity contribution in [2.24, 2.45) is 5.41 Å². The number of thiophene rings is 1. The van der Waals surface area contributed by atoms with Crippen molar-refractivity contribution in [1.29, 1.82) is 0 Å². The lowest BCUT2D eigenvalue weighted by Crippen LogP contribution is -2.52. The topological polar surface area (TPSA) is 78.4 Å². The van der Waals surface area contributed by atoms with Crippen molar-refractivity contribution in [3.8, 4) is 0 Å². The van der Waals surface area contributed by atoms with Crippen LogP contribution in [0.2, 0.25) is 0 Å². The summed E-state index contributed by atoms with van der Waals surface area (Å²) in [5.41, 5.74) is -0.549. The summed E-state index contributed by atoms with van der Waals surface area (Å²) in [5.74, 6) is -1.04. The van der Waals surface area contributed by atoms with Crippen LogP contribution < -0.4 is 10.6 Å². The molecule has 1 atom stereocenters. The summed E-state index contributed by atoms with van der Waals surface area (Å²) in [6, 6.07) is 0.483. The Morgan fingerprint density at radius 2 is 2.11 bits per heavy atom. The number of rotatable bonds is 4. The quantitative estimate of drug-likeness (QED) is 0.782. The number of hydrogen-bond acceptors (Lipinski definition) is 3. The number of amides is 2. The summed E-state index contributed by atoms with van der Waals surface area (Å²) in [6.45, 7) is 5.66. The Labute approximate surface area is 124 Å². The Bertz CT molecular complexity index is 468. The first-order valence-corrected chi connectivity index (χ1v) is 7.38. The molecule has 0 bridgehead atoms. The van der Waals surface area contributed by atoms with Crippen LogP contribution >= 0.6 is 27.3 Å². The first-order valence-electron chi connectivity index (χ1n) is 5.71. The smallest absolute Gasteiger partial charge is 0.326 e. The number of carbonyl (C=O) groups is 2. The van der Waals surface area contributed by atoms with Gasteiger partial charge in [0.2, 0.25) is 0 Å². The highest BCUT2D eigenvalue weighted by Gasteiger charge is 2.32. The van der Waals surface area contributed by atoms with E-state index in [1.165, 1.54) is 11.3 Å². The van der Waals surface area contributed by atoms with Gasteiger partial charge in [-0.2, -0.15) is 0 Å². The Kier molecular flexibility index (Phi) is 5.37. The molecule has 1 aromatic heterocycles. The minimum atomic E-state index is -1.04. The number of carbonyl (C=O) groups excluding carboxylic acids is 1. The lowest BCUT2D eigenvalue weighted by molar-refractivity contribution is -0.141. The van der Waals surface area contributed by atoms with E-state index < -0.39 is 23.5 Å². The Morgan fingerprint density at radius 3 is 2.53 bits per heavy atom. The minimum Gasteiger partial charge on any atom is -0.480 e. The molecular formula is C12H17BrN2O3S. The molecule has 5 nitrogen and oxygen atoms in total. The van der Waals surface area contributed by atoms with Gasteiger partial charge in [0.05, 0.1) is 6.54 Å². The monoisotopic (exact) mass is 348 g/mol. The first-order chi connectivity index (χ1) is 8.71. The van der Waals surface area contributed by atoms with Crippen LogP contribution in [0.4, 0.5) is 4.79 Å². The van der Waals surface area contributed by atoms with E-state index in [0.29, 0.717) is 6.54 Å². The van der Waals surface area contributed by atoms with Gasteiger partial charge in [0.1, 0.15) is 6.04 Å². The van der Waals surface area contributed by atoms with Crippen LogP contribution in [0.5, 0.6) is 0 Å². The maximum Gasteiger partial charge on any atom is 0.326 e. The van der Waals surface area contributed by atoms with E-state index in [1.807, 2.05) is 11.4 Å². The molecule has 1 rings (SSSR count). The summed E-state index contributed by atoms with van der Waals surface area (Å²) >= 11 is 4.88. The Morgan fingerprint density at radius 1 is 1.47 bits per heavy atom. The van der Waals surface area contributed by atoms with Crippen molar-refractivity contribution < 1.29 is 14.7 Å². The van der Waals surface area contributed by atoms with Gasteiger partial charge >= 0.3 is 12.0 Å². The van der Waals surface area contributed by atoms with E-state index in [-0.39, 0.29) is 0 Å². The predicted molar refractivity (Wildman–Crippen MR) is 78.3 cm³/mol. The molecular weight excluding hydrogens is 332 g/mol. The minimum absolute atomic E-state index is 0.362. The number of halogens is 1. The maximum absolute atomic E-state index is 11.7. The second-order valence-electron chi connectivity index (χ2n) is 5.16. The van der Waals surface area contributed by atoms with Crippen molar-refractivity contribution in [2.45, 2.75) is 33.4 Å². The van der Waals surface area contributed by atoms with Gasteiger partial charge in [0.15, 0.2) is 0 Å². The van der Waals surface area contributed by atoms with Gasteiger partial charge in [-0.05, 0) is 32.8 Å². The van der Waals surface area contributed by atoms with Crippen molar-refractivity contribution in [2.75, 3.05) is 0 Å². The standard InChI is InChI=1S/C12H17BrN2O3S/c1-12(2,3)9(10(16)17)15-11(18)14-6-8-7(13)4-5-19-8/h4-5,9H,6H2,1-3H3,(H,16,17)(H2,14,15,18). The van der Waals surface area contributed by atoms with Gasteiger partial charge in [-0.1, -0.05) is 20.8 Å². The molecule has 19 heavy (non-hydrogen) atoms. The molecule has 3 N–H and O–H groups in total. The van der Waals surface area contributed by atoms with Crippen LogP contribution in [0.1, 0.15) is 25.6 Å². The van der Waals surface area contributed by atoms with E-state index in [1.54, 1.807) is 20.8 Å². The summed E-state index contributed by atoms with van der Waals surface area (Å²) in [4.78, 5) is 23.8. The fourth-order valence-corrected chi connectivity index (χ4v) is 2.87. The summed E-state index contributed by atoms with van der Waals surface area (Å²) < 4.78 is 0.934. The third-order valence-corrected chi connectivity index (χ3v) is 4.42. The van der Waals surface area contributed by atoms with E-state index in [2.05, 4.69) is 26.6 Å². The van der Waals surface area contributed by atoms with E-state index in [0.717, 1.165) is 9.35 Å².